The SMILES string of the molecule is CC(C)=CCC/C(C)=C/Cc1c(O)ccc2c1O[C@@H]1c3ccc(O)cc3OC[C@H]21. The highest BCUT2D eigenvalue weighted by Gasteiger charge is 2.42. The largest absolute Gasteiger partial charge is 0.508 e. The lowest BCUT2D eigenvalue weighted by Crippen LogP contribution is -2.22. The Morgan fingerprint density at radius 2 is 1.86 bits per heavy atom. The molecule has 0 radical (unpaired) electrons. The van der Waals surface area contributed by atoms with Gasteiger partial charge in [0.1, 0.15) is 29.1 Å². The molecule has 152 valence electrons. The monoisotopic (exact) mass is 392 g/mol. The van der Waals surface area contributed by atoms with E-state index >= 15 is 0 Å². The first-order valence-corrected chi connectivity index (χ1v) is 10.2. The van der Waals surface area contributed by atoms with Crippen LogP contribution in [0.15, 0.2) is 53.6 Å². The second kappa shape index (κ2) is 7.86. The number of allylic oxidation sites excluding steroid dienone is 4. The maximum absolute atomic E-state index is 10.5. The number of hydrogen-bond donors (Lipinski definition) is 2. The van der Waals surface area contributed by atoms with Crippen LogP contribution >= 0.6 is 0 Å². The van der Waals surface area contributed by atoms with E-state index in [9.17, 15) is 10.2 Å². The minimum absolute atomic E-state index is 0.0872. The Hall–Kier alpha value is -2.88. The number of fused-ring (bicyclic) bond motifs is 5. The third-order valence-corrected chi connectivity index (χ3v) is 5.74. The quantitative estimate of drug-likeness (QED) is 0.618. The summed E-state index contributed by atoms with van der Waals surface area (Å²) < 4.78 is 12.3. The van der Waals surface area contributed by atoms with E-state index in [-0.39, 0.29) is 23.5 Å². The minimum atomic E-state index is -0.155. The molecular weight excluding hydrogens is 364 g/mol. The van der Waals surface area contributed by atoms with Crippen LogP contribution in [0.3, 0.4) is 0 Å². The van der Waals surface area contributed by atoms with Crippen LogP contribution in [0.25, 0.3) is 0 Å². The maximum Gasteiger partial charge on any atom is 0.138 e. The molecule has 2 aromatic rings. The standard InChI is InChI=1S/C25H28O4/c1-15(2)5-4-6-16(3)7-9-19-22(27)12-11-18-21-14-28-23-13-17(26)8-10-20(23)25(21)29-24(18)19/h5,7-8,10-13,21,25-27H,4,6,9,14H2,1-3H3/b16-7+/t21-,25-/m1/s1. The molecule has 2 aromatic carbocycles. The van der Waals surface area contributed by atoms with Crippen molar-refractivity contribution in [1.82, 2.24) is 0 Å². The Bertz CT molecular complexity index is 983. The van der Waals surface area contributed by atoms with E-state index in [0.717, 1.165) is 35.3 Å². The van der Waals surface area contributed by atoms with Crippen LogP contribution in [0.5, 0.6) is 23.0 Å². The van der Waals surface area contributed by atoms with Gasteiger partial charge < -0.3 is 19.7 Å². The van der Waals surface area contributed by atoms with Gasteiger partial charge in [-0.1, -0.05) is 29.4 Å². The summed E-state index contributed by atoms with van der Waals surface area (Å²) in [7, 11) is 0. The van der Waals surface area contributed by atoms with Crippen LogP contribution in [0.4, 0.5) is 0 Å². The topological polar surface area (TPSA) is 58.9 Å². The Morgan fingerprint density at radius 3 is 2.66 bits per heavy atom. The van der Waals surface area contributed by atoms with Crippen LogP contribution in [-0.4, -0.2) is 16.8 Å². The molecule has 29 heavy (non-hydrogen) atoms. The van der Waals surface area contributed by atoms with Crippen molar-refractivity contribution >= 4 is 0 Å². The smallest absolute Gasteiger partial charge is 0.138 e. The summed E-state index contributed by atoms with van der Waals surface area (Å²) in [6, 6.07) is 8.86. The Labute approximate surface area is 172 Å². The molecule has 0 fully saturated rings. The summed E-state index contributed by atoms with van der Waals surface area (Å²) in [6.45, 7) is 6.86. The fourth-order valence-corrected chi connectivity index (χ4v) is 4.12. The van der Waals surface area contributed by atoms with Gasteiger partial charge in [-0.05, 0) is 58.2 Å². The number of phenols is 2. The zero-order valence-corrected chi connectivity index (χ0v) is 17.2. The molecule has 0 saturated carbocycles. The summed E-state index contributed by atoms with van der Waals surface area (Å²) in [6.07, 6.45) is 6.96. The number of benzene rings is 2. The molecule has 2 heterocycles. The Morgan fingerprint density at radius 1 is 1.07 bits per heavy atom. The molecule has 4 nitrogen and oxygen atoms in total. The zero-order chi connectivity index (χ0) is 20.5. The van der Waals surface area contributed by atoms with Gasteiger partial charge in [-0.15, -0.1) is 0 Å². The first kappa shape index (κ1) is 19.4. The second-order valence-electron chi connectivity index (χ2n) is 8.23. The third kappa shape index (κ3) is 3.84. The molecule has 2 aliphatic rings. The van der Waals surface area contributed by atoms with Crippen LogP contribution in [-0.2, 0) is 6.42 Å². The summed E-state index contributed by atoms with van der Waals surface area (Å²) in [5.41, 5.74) is 5.49. The number of ether oxygens (including phenoxy) is 2. The van der Waals surface area contributed by atoms with Crippen LogP contribution in [0, 0.1) is 0 Å². The van der Waals surface area contributed by atoms with Crippen molar-refractivity contribution in [1.29, 1.82) is 0 Å². The molecule has 0 aliphatic carbocycles. The van der Waals surface area contributed by atoms with E-state index in [4.69, 9.17) is 9.47 Å². The maximum atomic E-state index is 10.5. The molecule has 0 saturated heterocycles. The van der Waals surface area contributed by atoms with Crippen molar-refractivity contribution in [3.05, 3.63) is 70.3 Å². The molecule has 0 amide bonds. The fourth-order valence-electron chi connectivity index (χ4n) is 4.12. The Kier molecular flexibility index (Phi) is 5.27. The van der Waals surface area contributed by atoms with Gasteiger partial charge in [0, 0.05) is 22.8 Å². The van der Waals surface area contributed by atoms with E-state index in [1.54, 1.807) is 18.2 Å². The van der Waals surface area contributed by atoms with E-state index in [1.807, 2.05) is 12.1 Å². The second-order valence-corrected chi connectivity index (χ2v) is 8.23. The van der Waals surface area contributed by atoms with Gasteiger partial charge in [-0.2, -0.15) is 0 Å². The molecule has 4 heteroatoms. The van der Waals surface area contributed by atoms with Crippen LogP contribution in [0.1, 0.15) is 62.3 Å². The molecule has 0 bridgehead atoms. The third-order valence-electron chi connectivity index (χ3n) is 5.74. The molecule has 2 atom stereocenters. The normalized spacial score (nSPS) is 19.5. The number of phenolic OH excluding ortho intramolecular Hbond substituents is 2. The van der Waals surface area contributed by atoms with Crippen molar-refractivity contribution in [3.8, 4) is 23.0 Å². The first-order chi connectivity index (χ1) is 13.9. The number of aromatic hydroxyl groups is 2. The zero-order valence-electron chi connectivity index (χ0n) is 17.2. The predicted octanol–water partition coefficient (Wildman–Crippen LogP) is 5.94. The van der Waals surface area contributed by atoms with Crippen molar-refractivity contribution in [2.24, 2.45) is 0 Å². The Balaban J connectivity index is 1.59. The highest BCUT2D eigenvalue weighted by Crippen LogP contribution is 2.53. The van der Waals surface area contributed by atoms with Crippen LogP contribution in [0.2, 0.25) is 0 Å². The minimum Gasteiger partial charge on any atom is -0.508 e. The highest BCUT2D eigenvalue weighted by molar-refractivity contribution is 5.57. The van der Waals surface area contributed by atoms with Gasteiger partial charge in [0.05, 0.1) is 12.5 Å². The van der Waals surface area contributed by atoms with Crippen molar-refractivity contribution in [2.45, 2.75) is 52.1 Å². The highest BCUT2D eigenvalue weighted by atomic mass is 16.5. The molecule has 0 unspecified atom stereocenters. The molecule has 4 rings (SSSR count). The van der Waals surface area contributed by atoms with Gasteiger partial charge >= 0.3 is 0 Å². The number of hydrogen-bond acceptors (Lipinski definition) is 4. The average molecular weight is 392 g/mol. The summed E-state index contributed by atoms with van der Waals surface area (Å²) in [5.74, 6) is 1.98. The molecule has 2 N–H and O–H groups in total. The van der Waals surface area contributed by atoms with Crippen molar-refractivity contribution < 1.29 is 19.7 Å². The van der Waals surface area contributed by atoms with Crippen molar-refractivity contribution in [2.75, 3.05) is 6.61 Å². The first-order valence-electron chi connectivity index (χ1n) is 10.2. The predicted molar refractivity (Wildman–Crippen MR) is 114 cm³/mol. The van der Waals surface area contributed by atoms with Crippen LogP contribution < -0.4 is 9.47 Å². The molecule has 0 spiro atoms. The summed E-state index contributed by atoms with van der Waals surface area (Å²) >= 11 is 0. The fraction of sp³-hybridized carbons (Fsp3) is 0.360. The molecular formula is C25H28O4. The lowest BCUT2D eigenvalue weighted by Gasteiger charge is -2.27. The van der Waals surface area contributed by atoms with Gasteiger partial charge in [0.2, 0.25) is 0 Å². The molecule has 0 aromatic heterocycles. The average Bonchev–Trinajstić information content (AvgIpc) is 3.05. The van der Waals surface area contributed by atoms with E-state index in [0.29, 0.717) is 18.8 Å². The number of rotatable bonds is 5. The molecule has 2 aliphatic heterocycles. The van der Waals surface area contributed by atoms with E-state index in [1.165, 1.54) is 11.1 Å². The lowest BCUT2D eigenvalue weighted by molar-refractivity contribution is 0.138. The lowest BCUT2D eigenvalue weighted by atomic mass is 9.88. The van der Waals surface area contributed by atoms with Gasteiger partial charge in [-0.3, -0.25) is 0 Å². The van der Waals surface area contributed by atoms with E-state index in [2.05, 4.69) is 32.9 Å². The summed E-state index contributed by atoms with van der Waals surface area (Å²) in [5, 5.41) is 20.3. The summed E-state index contributed by atoms with van der Waals surface area (Å²) in [4.78, 5) is 0. The van der Waals surface area contributed by atoms with Gasteiger partial charge in [0.15, 0.2) is 0 Å². The van der Waals surface area contributed by atoms with Crippen molar-refractivity contribution in [3.63, 3.8) is 0 Å². The van der Waals surface area contributed by atoms with E-state index < -0.39 is 0 Å². The van der Waals surface area contributed by atoms with Gasteiger partial charge in [-0.25, -0.2) is 0 Å². The van der Waals surface area contributed by atoms with Gasteiger partial charge in [0.25, 0.3) is 0 Å².